The Labute approximate surface area is 125 Å². The summed E-state index contributed by atoms with van der Waals surface area (Å²) in [7, 11) is 0. The fourth-order valence-corrected chi connectivity index (χ4v) is 3.18. The molecule has 3 heterocycles. The van der Waals surface area contributed by atoms with Crippen LogP contribution < -0.4 is 9.38 Å². The molecular formula is C15H15N5S+2. The number of H-pyrrole nitrogens is 3. The van der Waals surface area contributed by atoms with Gasteiger partial charge >= 0.3 is 10.9 Å². The second-order valence-electron chi connectivity index (χ2n) is 5.05. The first-order chi connectivity index (χ1) is 10.3. The molecule has 0 fully saturated rings. The third-order valence-corrected chi connectivity index (χ3v) is 4.33. The Morgan fingerprint density at radius 1 is 1.33 bits per heavy atom. The molecule has 0 unspecified atom stereocenters. The maximum Gasteiger partial charge on any atom is 0.400 e. The lowest BCUT2D eigenvalue weighted by Crippen LogP contribution is -2.17. The quantitative estimate of drug-likeness (QED) is 0.449. The van der Waals surface area contributed by atoms with Gasteiger partial charge in [-0.3, -0.25) is 0 Å². The molecule has 5 nitrogen and oxygen atoms in total. The lowest BCUT2D eigenvalue weighted by atomic mass is 10.2. The van der Waals surface area contributed by atoms with Crippen molar-refractivity contribution in [3.63, 3.8) is 0 Å². The van der Waals surface area contributed by atoms with E-state index in [4.69, 9.17) is 0 Å². The van der Waals surface area contributed by atoms with E-state index in [1.807, 2.05) is 16.7 Å². The molecule has 0 radical (unpaired) electrons. The number of nitrogens with zero attached hydrogens (tertiary/aromatic N) is 2. The molecule has 0 aliphatic heterocycles. The number of aryl methyl sites for hydroxylation is 1. The van der Waals surface area contributed by atoms with Crippen molar-refractivity contribution in [1.29, 1.82) is 0 Å². The molecule has 6 heteroatoms. The highest BCUT2D eigenvalue weighted by atomic mass is 32.2. The molecule has 1 aromatic carbocycles. The van der Waals surface area contributed by atoms with Gasteiger partial charge in [-0.05, 0) is 36.4 Å². The third kappa shape index (κ3) is 2.38. The van der Waals surface area contributed by atoms with Gasteiger partial charge in [-0.25, -0.2) is 19.4 Å². The predicted molar refractivity (Wildman–Crippen MR) is 80.9 cm³/mol. The van der Waals surface area contributed by atoms with Gasteiger partial charge in [0, 0.05) is 6.07 Å². The molecule has 0 aliphatic carbocycles. The summed E-state index contributed by atoms with van der Waals surface area (Å²) in [5, 5.41) is 1.06. The number of thioether (sulfide) groups is 1. The SMILES string of the molecule is Cc1ccc2[nH+]c(SCc3c[n+]4cccnc4[nH]3)[nH]c2c1. The molecule has 3 N–H and O–H groups in total. The number of hydrogen-bond donors (Lipinski definition) is 2. The van der Waals surface area contributed by atoms with Crippen LogP contribution in [0.15, 0.2) is 48.0 Å². The molecule has 3 aromatic heterocycles. The molecule has 4 rings (SSSR count). The average molecular weight is 297 g/mol. The highest BCUT2D eigenvalue weighted by Crippen LogP contribution is 2.19. The fraction of sp³-hybridized carbons (Fsp3) is 0.133. The summed E-state index contributed by atoms with van der Waals surface area (Å²) in [6.07, 6.45) is 5.85. The van der Waals surface area contributed by atoms with Crippen molar-refractivity contribution in [2.45, 2.75) is 17.8 Å². The van der Waals surface area contributed by atoms with Crippen LogP contribution >= 0.6 is 11.8 Å². The molecule has 104 valence electrons. The number of rotatable bonds is 3. The van der Waals surface area contributed by atoms with E-state index < -0.39 is 0 Å². The van der Waals surface area contributed by atoms with E-state index in [2.05, 4.69) is 51.3 Å². The summed E-state index contributed by atoms with van der Waals surface area (Å²) in [6, 6.07) is 8.29. The minimum atomic E-state index is 0.853. The lowest BCUT2D eigenvalue weighted by molar-refractivity contribution is -0.512. The zero-order chi connectivity index (χ0) is 14.2. The minimum absolute atomic E-state index is 0.853. The molecule has 21 heavy (non-hydrogen) atoms. The molecule has 0 saturated heterocycles. The van der Waals surface area contributed by atoms with Crippen molar-refractivity contribution in [2.24, 2.45) is 0 Å². The van der Waals surface area contributed by atoms with E-state index in [0.717, 1.165) is 33.4 Å². The third-order valence-electron chi connectivity index (χ3n) is 3.38. The molecule has 0 atom stereocenters. The Kier molecular flexibility index (Phi) is 2.89. The van der Waals surface area contributed by atoms with Crippen LogP contribution in [0.2, 0.25) is 0 Å². The van der Waals surface area contributed by atoms with Crippen LogP contribution in [0, 0.1) is 6.92 Å². The largest absolute Gasteiger partial charge is 0.400 e. The smallest absolute Gasteiger partial charge is 0.242 e. The summed E-state index contributed by atoms with van der Waals surface area (Å²) in [6.45, 7) is 2.10. The van der Waals surface area contributed by atoms with Gasteiger partial charge in [0.15, 0.2) is 11.0 Å². The van der Waals surface area contributed by atoms with Crippen LogP contribution in [-0.2, 0) is 5.75 Å². The molecule has 0 saturated carbocycles. The summed E-state index contributed by atoms with van der Waals surface area (Å²) >= 11 is 1.74. The van der Waals surface area contributed by atoms with Crippen LogP contribution in [0.5, 0.6) is 0 Å². The second kappa shape index (κ2) is 4.89. The maximum absolute atomic E-state index is 4.28. The van der Waals surface area contributed by atoms with Crippen LogP contribution in [0.4, 0.5) is 0 Å². The first-order valence-corrected chi connectivity index (χ1v) is 7.75. The van der Waals surface area contributed by atoms with E-state index in [1.165, 1.54) is 5.56 Å². The van der Waals surface area contributed by atoms with Crippen molar-refractivity contribution in [2.75, 3.05) is 0 Å². The Balaban J connectivity index is 1.57. The van der Waals surface area contributed by atoms with Crippen molar-refractivity contribution < 1.29 is 9.38 Å². The Morgan fingerprint density at radius 2 is 2.29 bits per heavy atom. The van der Waals surface area contributed by atoms with Crippen LogP contribution in [0.1, 0.15) is 11.3 Å². The molecule has 0 bridgehead atoms. The van der Waals surface area contributed by atoms with Crippen molar-refractivity contribution >= 4 is 28.6 Å². The average Bonchev–Trinajstić information content (AvgIpc) is 3.07. The number of imidazole rings is 2. The van der Waals surface area contributed by atoms with Gasteiger partial charge in [-0.2, -0.15) is 0 Å². The number of benzene rings is 1. The number of aromatic nitrogens is 5. The highest BCUT2D eigenvalue weighted by molar-refractivity contribution is 7.98. The van der Waals surface area contributed by atoms with Gasteiger partial charge in [0.05, 0.1) is 11.9 Å². The normalized spacial score (nSPS) is 11.5. The lowest BCUT2D eigenvalue weighted by Gasteiger charge is -1.86. The summed E-state index contributed by atoms with van der Waals surface area (Å²) in [5.41, 5.74) is 4.68. The summed E-state index contributed by atoms with van der Waals surface area (Å²) < 4.78 is 1.99. The van der Waals surface area contributed by atoms with Gasteiger partial charge < -0.3 is 0 Å². The van der Waals surface area contributed by atoms with Gasteiger partial charge in [0.1, 0.15) is 18.1 Å². The van der Waals surface area contributed by atoms with Gasteiger partial charge in [0.2, 0.25) is 0 Å². The molecular weight excluding hydrogens is 282 g/mol. The maximum atomic E-state index is 4.28. The van der Waals surface area contributed by atoms with Gasteiger partial charge in [-0.15, -0.1) is 0 Å². The number of fused-ring (bicyclic) bond motifs is 2. The van der Waals surface area contributed by atoms with E-state index in [9.17, 15) is 0 Å². The monoisotopic (exact) mass is 297 g/mol. The minimum Gasteiger partial charge on any atom is -0.242 e. The Morgan fingerprint density at radius 3 is 3.19 bits per heavy atom. The van der Waals surface area contributed by atoms with E-state index in [1.54, 1.807) is 18.0 Å². The number of aromatic amines is 3. The first kappa shape index (κ1) is 12.4. The number of nitrogens with one attached hydrogen (secondary N) is 3. The zero-order valence-corrected chi connectivity index (χ0v) is 12.4. The predicted octanol–water partition coefficient (Wildman–Crippen LogP) is 2.04. The number of hydrogen-bond acceptors (Lipinski definition) is 2. The van der Waals surface area contributed by atoms with Crippen molar-refractivity contribution in [1.82, 2.24) is 15.0 Å². The van der Waals surface area contributed by atoms with E-state index in [-0.39, 0.29) is 0 Å². The second-order valence-corrected chi connectivity index (χ2v) is 6.03. The van der Waals surface area contributed by atoms with E-state index in [0.29, 0.717) is 0 Å². The molecule has 4 aromatic rings. The zero-order valence-electron chi connectivity index (χ0n) is 11.6. The van der Waals surface area contributed by atoms with Crippen molar-refractivity contribution in [3.8, 4) is 0 Å². The standard InChI is InChI=1S/C15H13N5S/c1-10-3-4-12-13(7-10)19-15(18-12)21-9-11-8-20-6-2-5-16-14(20)17-11/h2-8H,9H2,1H3,(H,18,19)/p+2. The van der Waals surface area contributed by atoms with Crippen molar-refractivity contribution in [3.05, 3.63) is 54.1 Å². The van der Waals surface area contributed by atoms with Crippen LogP contribution in [0.3, 0.4) is 0 Å². The molecule has 0 spiro atoms. The topological polar surface area (TPSA) is 62.7 Å². The van der Waals surface area contributed by atoms with Crippen LogP contribution in [-0.4, -0.2) is 15.0 Å². The molecule has 0 aliphatic rings. The Hall–Kier alpha value is -2.34. The van der Waals surface area contributed by atoms with Gasteiger partial charge in [-0.1, -0.05) is 11.1 Å². The van der Waals surface area contributed by atoms with Crippen LogP contribution in [0.25, 0.3) is 16.8 Å². The first-order valence-electron chi connectivity index (χ1n) is 6.76. The van der Waals surface area contributed by atoms with Gasteiger partial charge in [0.25, 0.3) is 0 Å². The summed E-state index contributed by atoms with van der Waals surface area (Å²) in [4.78, 5) is 14.4. The highest BCUT2D eigenvalue weighted by Gasteiger charge is 2.13. The van der Waals surface area contributed by atoms with E-state index >= 15 is 0 Å². The molecule has 0 amide bonds. The Bertz CT molecular complexity index is 891. The fourth-order valence-electron chi connectivity index (χ4n) is 2.37. The summed E-state index contributed by atoms with van der Waals surface area (Å²) in [5.74, 6) is 1.72.